The number of nitrogens with zero attached hydrogens (tertiary/aromatic N) is 3. The average Bonchev–Trinajstić information content (AvgIpc) is 3.16. The number of hydrogen-bond acceptors (Lipinski definition) is 4. The van der Waals surface area contributed by atoms with Crippen molar-refractivity contribution in [1.82, 2.24) is 25.6 Å². The number of aryl methyl sites for hydroxylation is 1. The third-order valence-electron chi connectivity index (χ3n) is 4.09. The summed E-state index contributed by atoms with van der Waals surface area (Å²) in [6.07, 6.45) is 1.57. The van der Waals surface area contributed by atoms with Gasteiger partial charge in [-0.15, -0.1) is 5.10 Å². The highest BCUT2D eigenvalue weighted by Crippen LogP contribution is 2.08. The smallest absolute Gasteiger partial charge is 0.273 e. The van der Waals surface area contributed by atoms with E-state index in [0.29, 0.717) is 12.1 Å². The molecule has 3 rings (SSSR count). The second kappa shape index (κ2) is 8.90. The molecule has 0 atom stereocenters. The van der Waals surface area contributed by atoms with Crippen molar-refractivity contribution in [3.05, 3.63) is 82.9 Å². The summed E-state index contributed by atoms with van der Waals surface area (Å²) in [7, 11) is 0. The number of rotatable bonds is 7. The Balaban J connectivity index is 1.44. The van der Waals surface area contributed by atoms with Crippen LogP contribution in [0.4, 0.5) is 4.39 Å². The van der Waals surface area contributed by atoms with Crippen molar-refractivity contribution in [2.24, 2.45) is 0 Å². The standard InChI is InChI=1S/C20H20FN5O2/c1-14-7-8-16(11-17(14)21)19(27)22-9-10-23-20(28)18-13-26(25-24-18)12-15-5-3-2-4-6-15/h2-8,11,13H,9-10,12H2,1H3,(H,22,27)(H,23,28). The van der Waals surface area contributed by atoms with Crippen LogP contribution in [0.25, 0.3) is 0 Å². The Labute approximate surface area is 161 Å². The third-order valence-corrected chi connectivity index (χ3v) is 4.09. The van der Waals surface area contributed by atoms with Gasteiger partial charge in [-0.3, -0.25) is 9.59 Å². The summed E-state index contributed by atoms with van der Waals surface area (Å²) in [5.74, 6) is -1.21. The van der Waals surface area contributed by atoms with Gasteiger partial charge in [0.15, 0.2) is 5.69 Å². The van der Waals surface area contributed by atoms with Crippen LogP contribution in [-0.4, -0.2) is 39.9 Å². The molecule has 7 nitrogen and oxygen atoms in total. The molecule has 3 aromatic rings. The lowest BCUT2D eigenvalue weighted by molar-refractivity contribution is 0.0925. The van der Waals surface area contributed by atoms with Gasteiger partial charge in [-0.2, -0.15) is 0 Å². The normalized spacial score (nSPS) is 10.5. The molecule has 144 valence electrons. The maximum Gasteiger partial charge on any atom is 0.273 e. The molecule has 0 spiro atoms. The summed E-state index contributed by atoms with van der Waals surface area (Å²) in [4.78, 5) is 24.1. The zero-order valence-corrected chi connectivity index (χ0v) is 15.4. The Kier molecular flexibility index (Phi) is 6.11. The van der Waals surface area contributed by atoms with Gasteiger partial charge in [-0.25, -0.2) is 9.07 Å². The molecule has 2 aromatic carbocycles. The van der Waals surface area contributed by atoms with Crippen LogP contribution in [-0.2, 0) is 6.54 Å². The molecule has 0 radical (unpaired) electrons. The van der Waals surface area contributed by atoms with Crippen molar-refractivity contribution >= 4 is 11.8 Å². The fourth-order valence-corrected chi connectivity index (χ4v) is 2.53. The number of aromatic nitrogens is 3. The molecule has 2 N–H and O–H groups in total. The fraction of sp³-hybridized carbons (Fsp3) is 0.200. The number of hydrogen-bond donors (Lipinski definition) is 2. The number of carbonyl (C=O) groups excluding carboxylic acids is 2. The van der Waals surface area contributed by atoms with Gasteiger partial charge in [0.25, 0.3) is 11.8 Å². The highest BCUT2D eigenvalue weighted by Gasteiger charge is 2.11. The zero-order valence-electron chi connectivity index (χ0n) is 15.4. The molecule has 2 amide bonds. The van der Waals surface area contributed by atoms with Gasteiger partial charge in [0.2, 0.25) is 0 Å². The molecule has 0 bridgehead atoms. The SMILES string of the molecule is Cc1ccc(C(=O)NCCNC(=O)c2cn(Cc3ccccc3)nn2)cc1F. The maximum atomic E-state index is 13.5. The van der Waals surface area contributed by atoms with Gasteiger partial charge < -0.3 is 10.6 Å². The minimum atomic E-state index is -0.431. The van der Waals surface area contributed by atoms with Gasteiger partial charge >= 0.3 is 0 Å². The van der Waals surface area contributed by atoms with E-state index in [-0.39, 0.29) is 30.3 Å². The summed E-state index contributed by atoms with van der Waals surface area (Å²) in [5.41, 5.74) is 1.96. The van der Waals surface area contributed by atoms with Gasteiger partial charge in [0.05, 0.1) is 12.7 Å². The van der Waals surface area contributed by atoms with E-state index in [1.54, 1.807) is 29.9 Å². The number of amides is 2. The number of carbonyl (C=O) groups is 2. The lowest BCUT2D eigenvalue weighted by atomic mass is 10.1. The first-order valence-electron chi connectivity index (χ1n) is 8.79. The fourth-order valence-electron chi connectivity index (χ4n) is 2.53. The van der Waals surface area contributed by atoms with Crippen LogP contribution < -0.4 is 10.6 Å². The van der Waals surface area contributed by atoms with Gasteiger partial charge in [0, 0.05) is 18.7 Å². The Bertz CT molecular complexity index is 972. The monoisotopic (exact) mass is 381 g/mol. The van der Waals surface area contributed by atoms with Gasteiger partial charge in [0.1, 0.15) is 5.82 Å². The molecular weight excluding hydrogens is 361 g/mol. The topological polar surface area (TPSA) is 88.9 Å². The van der Waals surface area contributed by atoms with Crippen LogP contribution in [0.3, 0.4) is 0 Å². The maximum absolute atomic E-state index is 13.5. The van der Waals surface area contributed by atoms with Gasteiger partial charge in [-0.1, -0.05) is 41.6 Å². The van der Waals surface area contributed by atoms with Gasteiger partial charge in [-0.05, 0) is 30.2 Å². The minimum Gasteiger partial charge on any atom is -0.350 e. The molecule has 8 heteroatoms. The average molecular weight is 381 g/mol. The van der Waals surface area contributed by atoms with E-state index in [2.05, 4.69) is 20.9 Å². The van der Waals surface area contributed by atoms with Crippen LogP contribution in [0.15, 0.2) is 54.7 Å². The van der Waals surface area contributed by atoms with Crippen LogP contribution in [0.2, 0.25) is 0 Å². The molecule has 1 aromatic heterocycles. The number of halogens is 1. The van der Waals surface area contributed by atoms with E-state index in [1.807, 2.05) is 30.3 Å². The first kappa shape index (κ1) is 19.2. The van der Waals surface area contributed by atoms with E-state index in [1.165, 1.54) is 6.07 Å². The quantitative estimate of drug-likeness (QED) is 0.612. The molecule has 0 saturated heterocycles. The predicted molar refractivity (Wildman–Crippen MR) is 101 cm³/mol. The van der Waals surface area contributed by atoms with E-state index >= 15 is 0 Å². The summed E-state index contributed by atoms with van der Waals surface area (Å²) >= 11 is 0. The largest absolute Gasteiger partial charge is 0.350 e. The molecule has 0 unspecified atom stereocenters. The molecule has 0 aliphatic rings. The highest BCUT2D eigenvalue weighted by atomic mass is 19.1. The second-order valence-corrected chi connectivity index (χ2v) is 6.26. The summed E-state index contributed by atoms with van der Waals surface area (Å²) in [6.45, 7) is 2.57. The van der Waals surface area contributed by atoms with Crippen molar-refractivity contribution in [2.45, 2.75) is 13.5 Å². The van der Waals surface area contributed by atoms with Crippen LogP contribution in [0.1, 0.15) is 32.0 Å². The number of benzene rings is 2. The Hall–Kier alpha value is -3.55. The lowest BCUT2D eigenvalue weighted by Gasteiger charge is -2.07. The highest BCUT2D eigenvalue weighted by molar-refractivity contribution is 5.94. The molecule has 0 aliphatic carbocycles. The van der Waals surface area contributed by atoms with Crippen molar-refractivity contribution in [1.29, 1.82) is 0 Å². The summed E-state index contributed by atoms with van der Waals surface area (Å²) in [5, 5.41) is 13.1. The van der Waals surface area contributed by atoms with Crippen LogP contribution in [0.5, 0.6) is 0 Å². The molecule has 28 heavy (non-hydrogen) atoms. The first-order chi connectivity index (χ1) is 13.5. The first-order valence-corrected chi connectivity index (χ1v) is 8.79. The minimum absolute atomic E-state index is 0.197. The Morgan fingerprint density at radius 3 is 2.46 bits per heavy atom. The van der Waals surface area contributed by atoms with E-state index in [0.717, 1.165) is 5.56 Å². The Morgan fingerprint density at radius 2 is 1.75 bits per heavy atom. The summed E-state index contributed by atoms with van der Waals surface area (Å²) < 4.78 is 15.1. The lowest BCUT2D eigenvalue weighted by Crippen LogP contribution is -2.34. The van der Waals surface area contributed by atoms with E-state index in [9.17, 15) is 14.0 Å². The predicted octanol–water partition coefficient (Wildman–Crippen LogP) is 1.93. The van der Waals surface area contributed by atoms with Crippen molar-refractivity contribution in [3.8, 4) is 0 Å². The van der Waals surface area contributed by atoms with E-state index < -0.39 is 11.7 Å². The Morgan fingerprint density at radius 1 is 1.04 bits per heavy atom. The van der Waals surface area contributed by atoms with Crippen molar-refractivity contribution < 1.29 is 14.0 Å². The van der Waals surface area contributed by atoms with E-state index in [4.69, 9.17) is 0 Å². The second-order valence-electron chi connectivity index (χ2n) is 6.26. The van der Waals surface area contributed by atoms with Crippen LogP contribution in [0, 0.1) is 12.7 Å². The van der Waals surface area contributed by atoms with Crippen molar-refractivity contribution in [3.63, 3.8) is 0 Å². The molecule has 0 fully saturated rings. The summed E-state index contributed by atoms with van der Waals surface area (Å²) in [6, 6.07) is 14.0. The third kappa shape index (κ3) is 5.00. The molecule has 0 saturated carbocycles. The molecular formula is C20H20FN5O2. The molecule has 1 heterocycles. The number of nitrogens with one attached hydrogen (secondary N) is 2. The molecule has 0 aliphatic heterocycles. The van der Waals surface area contributed by atoms with Crippen LogP contribution >= 0.6 is 0 Å². The van der Waals surface area contributed by atoms with Crippen molar-refractivity contribution in [2.75, 3.05) is 13.1 Å². The zero-order chi connectivity index (χ0) is 19.9.